The maximum atomic E-state index is 12.6. The summed E-state index contributed by atoms with van der Waals surface area (Å²) >= 11 is 1.58. The molecule has 0 unspecified atom stereocenters. The van der Waals surface area contributed by atoms with E-state index in [1.807, 2.05) is 61.5 Å². The topological polar surface area (TPSA) is 29.1 Å². The number of carbonyl (C=O) groups excluding carboxylic acids is 1. The third-order valence-corrected chi connectivity index (χ3v) is 4.32. The fourth-order valence-corrected chi connectivity index (χ4v) is 3.32. The van der Waals surface area contributed by atoms with E-state index >= 15 is 0 Å². The molecule has 0 aromatic heterocycles. The minimum Gasteiger partial charge on any atom is -0.363 e. The van der Waals surface area contributed by atoms with E-state index in [4.69, 9.17) is 0 Å². The van der Waals surface area contributed by atoms with Gasteiger partial charge in [-0.05, 0) is 19.1 Å². The van der Waals surface area contributed by atoms with E-state index in [-0.39, 0.29) is 5.78 Å². The second-order valence-electron chi connectivity index (χ2n) is 4.45. The van der Waals surface area contributed by atoms with E-state index in [0.29, 0.717) is 0 Å². The van der Waals surface area contributed by atoms with Gasteiger partial charge in [-0.1, -0.05) is 54.2 Å². The van der Waals surface area contributed by atoms with Crippen LogP contribution in [0.15, 0.2) is 59.5 Å². The fraction of sp³-hybridized carbons (Fsp3) is 0.133. The molecule has 1 aliphatic rings. The van der Waals surface area contributed by atoms with Crippen LogP contribution in [0.4, 0.5) is 5.69 Å². The summed E-state index contributed by atoms with van der Waals surface area (Å²) < 4.78 is 0. The van der Waals surface area contributed by atoms with Gasteiger partial charge >= 0.3 is 0 Å². The molecule has 1 aliphatic heterocycles. The number of hydrogen-bond acceptors (Lipinski definition) is 3. The maximum absolute atomic E-state index is 12.6. The molecule has 0 saturated heterocycles. The lowest BCUT2D eigenvalue weighted by molar-refractivity contribution is 0.0963. The summed E-state index contributed by atoms with van der Waals surface area (Å²) in [6.45, 7) is 1.94. The molecule has 18 heavy (non-hydrogen) atoms. The highest BCUT2D eigenvalue weighted by atomic mass is 32.2. The zero-order valence-electron chi connectivity index (χ0n) is 10.0. The SMILES string of the molecule is C[C@@]1(C(=O)c2ccccc2)Nc2ccccc2S1. The van der Waals surface area contributed by atoms with Crippen LogP contribution in [-0.4, -0.2) is 10.7 Å². The average molecular weight is 255 g/mol. The molecule has 0 bridgehead atoms. The Bertz CT molecular complexity index is 569. The van der Waals surface area contributed by atoms with Crippen LogP contribution in [0.1, 0.15) is 17.3 Å². The quantitative estimate of drug-likeness (QED) is 0.827. The van der Waals surface area contributed by atoms with Gasteiger partial charge in [0.15, 0.2) is 5.78 Å². The standard InChI is InChI=1S/C15H13NOS/c1-15(14(17)11-7-3-2-4-8-11)16-12-9-5-6-10-13(12)18-15/h2-10,16H,1H3/t15-/m1/s1. The molecule has 0 aliphatic carbocycles. The summed E-state index contributed by atoms with van der Waals surface area (Å²) in [4.78, 5) is 13.1. The zero-order valence-corrected chi connectivity index (χ0v) is 10.8. The number of benzene rings is 2. The van der Waals surface area contributed by atoms with Gasteiger partial charge in [0.25, 0.3) is 0 Å². The number of fused-ring (bicyclic) bond motifs is 1. The fourth-order valence-electron chi connectivity index (χ4n) is 2.13. The highest BCUT2D eigenvalue weighted by molar-refractivity contribution is 8.02. The first kappa shape index (κ1) is 11.4. The van der Waals surface area contributed by atoms with E-state index in [1.54, 1.807) is 11.8 Å². The number of hydrogen-bond donors (Lipinski definition) is 1. The van der Waals surface area contributed by atoms with Crippen molar-refractivity contribution in [3.8, 4) is 0 Å². The smallest absolute Gasteiger partial charge is 0.198 e. The second-order valence-corrected chi connectivity index (χ2v) is 5.91. The minimum absolute atomic E-state index is 0.115. The van der Waals surface area contributed by atoms with E-state index < -0.39 is 4.87 Å². The molecular weight excluding hydrogens is 242 g/mol. The Labute approximate surface area is 110 Å². The molecule has 0 radical (unpaired) electrons. The molecule has 0 fully saturated rings. The van der Waals surface area contributed by atoms with Crippen molar-refractivity contribution in [2.24, 2.45) is 0 Å². The van der Waals surface area contributed by atoms with Gasteiger partial charge < -0.3 is 5.32 Å². The summed E-state index contributed by atoms with van der Waals surface area (Å²) in [5.74, 6) is 0.115. The van der Waals surface area contributed by atoms with E-state index in [1.165, 1.54) is 0 Å². The van der Waals surface area contributed by atoms with Gasteiger partial charge in [0.05, 0.1) is 0 Å². The van der Waals surface area contributed by atoms with Crippen molar-refractivity contribution in [1.29, 1.82) is 0 Å². The third-order valence-electron chi connectivity index (χ3n) is 3.04. The Morgan fingerprint density at radius 1 is 1.06 bits per heavy atom. The van der Waals surface area contributed by atoms with Gasteiger partial charge in [-0.3, -0.25) is 4.79 Å². The number of para-hydroxylation sites is 1. The van der Waals surface area contributed by atoms with Crippen LogP contribution < -0.4 is 5.32 Å². The van der Waals surface area contributed by atoms with Crippen LogP contribution in [0.2, 0.25) is 0 Å². The van der Waals surface area contributed by atoms with Crippen molar-refractivity contribution >= 4 is 23.2 Å². The first-order valence-electron chi connectivity index (χ1n) is 5.85. The van der Waals surface area contributed by atoms with Crippen molar-refractivity contribution in [1.82, 2.24) is 0 Å². The summed E-state index contributed by atoms with van der Waals surface area (Å²) in [6, 6.07) is 17.4. The summed E-state index contributed by atoms with van der Waals surface area (Å²) in [6.07, 6.45) is 0. The average Bonchev–Trinajstić information content (AvgIpc) is 2.76. The van der Waals surface area contributed by atoms with Crippen LogP contribution in [0.25, 0.3) is 0 Å². The van der Waals surface area contributed by atoms with Crippen LogP contribution in [-0.2, 0) is 0 Å². The van der Waals surface area contributed by atoms with E-state index in [2.05, 4.69) is 5.32 Å². The maximum Gasteiger partial charge on any atom is 0.198 e. The Kier molecular flexibility index (Phi) is 2.63. The number of rotatable bonds is 2. The number of anilines is 1. The molecule has 2 aromatic carbocycles. The van der Waals surface area contributed by atoms with E-state index in [0.717, 1.165) is 16.1 Å². The monoisotopic (exact) mass is 255 g/mol. The first-order chi connectivity index (χ1) is 8.69. The molecule has 1 heterocycles. The van der Waals surface area contributed by atoms with E-state index in [9.17, 15) is 4.79 Å². The largest absolute Gasteiger partial charge is 0.363 e. The van der Waals surface area contributed by atoms with Crippen molar-refractivity contribution in [3.63, 3.8) is 0 Å². The van der Waals surface area contributed by atoms with Crippen molar-refractivity contribution in [2.45, 2.75) is 16.7 Å². The Hall–Kier alpha value is -1.74. The summed E-state index contributed by atoms with van der Waals surface area (Å²) in [5, 5.41) is 3.32. The minimum atomic E-state index is -0.606. The molecule has 2 nitrogen and oxygen atoms in total. The number of ketones is 1. The molecular formula is C15H13NOS. The molecule has 0 saturated carbocycles. The van der Waals surface area contributed by atoms with Gasteiger partial charge in [0, 0.05) is 16.1 Å². The molecule has 90 valence electrons. The summed E-state index contributed by atoms with van der Waals surface area (Å²) in [5.41, 5.74) is 1.78. The first-order valence-corrected chi connectivity index (χ1v) is 6.67. The predicted octanol–water partition coefficient (Wildman–Crippen LogP) is 3.80. The van der Waals surface area contributed by atoms with Crippen molar-refractivity contribution in [3.05, 3.63) is 60.2 Å². The van der Waals surface area contributed by atoms with Crippen LogP contribution in [0, 0.1) is 0 Å². The highest BCUT2D eigenvalue weighted by Crippen LogP contribution is 2.46. The normalized spacial score (nSPS) is 21.2. The molecule has 0 spiro atoms. The van der Waals surface area contributed by atoms with Crippen LogP contribution in [0.3, 0.4) is 0 Å². The van der Waals surface area contributed by atoms with Gasteiger partial charge in [-0.15, -0.1) is 0 Å². The number of thioether (sulfide) groups is 1. The lowest BCUT2D eigenvalue weighted by Gasteiger charge is -2.22. The third kappa shape index (κ3) is 1.81. The second kappa shape index (κ2) is 4.18. The molecule has 1 atom stereocenters. The molecule has 0 amide bonds. The van der Waals surface area contributed by atoms with Gasteiger partial charge in [-0.2, -0.15) is 0 Å². The van der Waals surface area contributed by atoms with Crippen LogP contribution in [0.5, 0.6) is 0 Å². The van der Waals surface area contributed by atoms with Gasteiger partial charge in [-0.25, -0.2) is 0 Å². The lowest BCUT2D eigenvalue weighted by atomic mass is 10.0. The Morgan fingerprint density at radius 2 is 1.72 bits per heavy atom. The van der Waals surface area contributed by atoms with Gasteiger partial charge in [0.1, 0.15) is 4.87 Å². The van der Waals surface area contributed by atoms with Crippen LogP contribution >= 0.6 is 11.8 Å². The Balaban J connectivity index is 1.93. The van der Waals surface area contributed by atoms with Crippen molar-refractivity contribution in [2.75, 3.05) is 5.32 Å². The number of Topliss-reactive ketones (excluding diaryl/α,β-unsaturated/α-hetero) is 1. The lowest BCUT2D eigenvalue weighted by Crippen LogP contribution is -2.37. The predicted molar refractivity (Wildman–Crippen MR) is 75.1 cm³/mol. The highest BCUT2D eigenvalue weighted by Gasteiger charge is 2.40. The van der Waals surface area contributed by atoms with Crippen molar-refractivity contribution < 1.29 is 4.79 Å². The Morgan fingerprint density at radius 3 is 2.44 bits per heavy atom. The zero-order chi connectivity index (χ0) is 12.6. The van der Waals surface area contributed by atoms with Gasteiger partial charge in [0.2, 0.25) is 0 Å². The summed E-state index contributed by atoms with van der Waals surface area (Å²) in [7, 11) is 0. The molecule has 2 aromatic rings. The molecule has 3 heteroatoms. The molecule has 3 rings (SSSR count). The number of nitrogens with one attached hydrogen (secondary N) is 1. The molecule has 1 N–H and O–H groups in total. The number of carbonyl (C=O) groups is 1.